The highest BCUT2D eigenvalue weighted by atomic mass is 16.7. The molecule has 10 heteroatoms. The standard InChI is InChI=1S/C40H47N3O7/c1-27(39(47)31-9-4-3-5-10-31)43(2)25-34-23-36(30-17-15-28(26-44)16-18-30)50-40(49-34)32-21-19-29(20-22-32)35-12-7-6-11-33(35)24-41-37(45)13-8-14-38(46)42-48/h3-7,9-12,15-22,27,34,36,39-40,44,47-48H,8,13-14,23-26H2,1-2H3,(H,41,45)(H,42,46). The fraction of sp³-hybridized carbons (Fsp3) is 0.350. The van der Waals surface area contributed by atoms with Crippen LogP contribution >= 0.6 is 0 Å². The van der Waals surface area contributed by atoms with E-state index < -0.39 is 18.3 Å². The molecule has 264 valence electrons. The monoisotopic (exact) mass is 681 g/mol. The lowest BCUT2D eigenvalue weighted by molar-refractivity contribution is -0.253. The largest absolute Gasteiger partial charge is 0.392 e. The summed E-state index contributed by atoms with van der Waals surface area (Å²) in [4.78, 5) is 25.7. The molecule has 0 saturated carbocycles. The molecule has 0 bridgehead atoms. The first-order chi connectivity index (χ1) is 24.2. The summed E-state index contributed by atoms with van der Waals surface area (Å²) < 4.78 is 13.2. The number of ether oxygens (including phenoxy) is 2. The maximum atomic E-state index is 12.4. The fourth-order valence-electron chi connectivity index (χ4n) is 6.21. The van der Waals surface area contributed by atoms with Gasteiger partial charge in [0.25, 0.3) is 0 Å². The van der Waals surface area contributed by atoms with Crippen molar-refractivity contribution in [3.63, 3.8) is 0 Å². The minimum atomic E-state index is -0.650. The first kappa shape index (κ1) is 36.9. The van der Waals surface area contributed by atoms with Gasteiger partial charge in [-0.2, -0.15) is 0 Å². The zero-order chi connectivity index (χ0) is 35.5. The molecule has 4 aromatic rings. The van der Waals surface area contributed by atoms with Crippen LogP contribution in [0, 0.1) is 0 Å². The molecule has 0 aliphatic carbocycles. The Morgan fingerprint density at radius 3 is 2.22 bits per heavy atom. The van der Waals surface area contributed by atoms with Gasteiger partial charge >= 0.3 is 0 Å². The van der Waals surface area contributed by atoms with E-state index in [-0.39, 0.29) is 43.6 Å². The summed E-state index contributed by atoms with van der Waals surface area (Å²) in [7, 11) is 2.00. The highest BCUT2D eigenvalue weighted by Crippen LogP contribution is 2.39. The van der Waals surface area contributed by atoms with Gasteiger partial charge in [-0.05, 0) is 53.8 Å². The SMILES string of the molecule is CC(C(O)c1ccccc1)N(C)CC1CC(c2ccc(CO)cc2)OC(c2ccc(-c3ccccc3CNC(=O)CCCC(=O)NO)cc2)O1. The van der Waals surface area contributed by atoms with Crippen molar-refractivity contribution in [2.75, 3.05) is 13.6 Å². The number of carbonyl (C=O) groups is 2. The minimum Gasteiger partial charge on any atom is -0.392 e. The summed E-state index contributed by atoms with van der Waals surface area (Å²) in [5.74, 6) is -0.684. The van der Waals surface area contributed by atoms with E-state index in [9.17, 15) is 19.8 Å². The predicted octanol–water partition coefficient (Wildman–Crippen LogP) is 5.74. The molecule has 0 spiro atoms. The van der Waals surface area contributed by atoms with Crippen molar-refractivity contribution in [2.45, 2.75) is 76.4 Å². The van der Waals surface area contributed by atoms with Crippen molar-refractivity contribution in [3.05, 3.63) is 131 Å². The van der Waals surface area contributed by atoms with Crippen LogP contribution in [-0.4, -0.2) is 57.9 Å². The molecule has 10 nitrogen and oxygen atoms in total. The number of aliphatic hydroxyl groups excluding tert-OH is 2. The van der Waals surface area contributed by atoms with Gasteiger partial charge in [-0.1, -0.05) is 103 Å². The summed E-state index contributed by atoms with van der Waals surface area (Å²) in [6.45, 7) is 2.91. The number of hydrogen-bond donors (Lipinski definition) is 5. The second-order valence-corrected chi connectivity index (χ2v) is 12.8. The summed E-state index contributed by atoms with van der Waals surface area (Å²) in [6.07, 6.45) is -0.483. The Morgan fingerprint density at radius 2 is 1.52 bits per heavy atom. The molecule has 0 aromatic heterocycles. The average Bonchev–Trinajstić information content (AvgIpc) is 3.16. The lowest BCUT2D eigenvalue weighted by Gasteiger charge is -2.39. The molecular formula is C40H47N3O7. The van der Waals surface area contributed by atoms with Crippen LogP contribution in [0.4, 0.5) is 0 Å². The number of hydroxylamine groups is 1. The van der Waals surface area contributed by atoms with E-state index in [0.29, 0.717) is 25.9 Å². The lowest BCUT2D eigenvalue weighted by Crippen LogP contribution is -2.43. The van der Waals surface area contributed by atoms with E-state index in [0.717, 1.165) is 38.9 Å². The predicted molar refractivity (Wildman–Crippen MR) is 189 cm³/mol. The van der Waals surface area contributed by atoms with Crippen LogP contribution < -0.4 is 10.8 Å². The Morgan fingerprint density at radius 1 is 0.860 bits per heavy atom. The summed E-state index contributed by atoms with van der Waals surface area (Å²) in [5.41, 5.74) is 8.07. The minimum absolute atomic E-state index is 0.0278. The number of carbonyl (C=O) groups excluding carboxylic acids is 2. The maximum absolute atomic E-state index is 12.4. The zero-order valence-electron chi connectivity index (χ0n) is 28.6. The van der Waals surface area contributed by atoms with Crippen LogP contribution in [0.25, 0.3) is 11.1 Å². The normalized spacial score (nSPS) is 18.7. The number of nitrogens with zero attached hydrogens (tertiary/aromatic N) is 1. The highest BCUT2D eigenvalue weighted by molar-refractivity contribution is 5.78. The molecule has 0 radical (unpaired) electrons. The van der Waals surface area contributed by atoms with Crippen molar-refractivity contribution < 1.29 is 34.5 Å². The molecule has 1 saturated heterocycles. The quantitative estimate of drug-likeness (QED) is 0.0791. The number of likely N-dealkylation sites (N-methyl/N-ethyl adjacent to an activating group) is 1. The van der Waals surface area contributed by atoms with Gasteiger partial charge in [0.2, 0.25) is 11.8 Å². The molecule has 1 fully saturated rings. The molecule has 2 amide bonds. The lowest BCUT2D eigenvalue weighted by atomic mass is 9.97. The van der Waals surface area contributed by atoms with Crippen molar-refractivity contribution in [1.29, 1.82) is 0 Å². The van der Waals surface area contributed by atoms with Crippen LogP contribution in [0.3, 0.4) is 0 Å². The van der Waals surface area contributed by atoms with E-state index in [1.165, 1.54) is 0 Å². The maximum Gasteiger partial charge on any atom is 0.243 e. The van der Waals surface area contributed by atoms with Gasteiger partial charge < -0.3 is 25.0 Å². The smallest absolute Gasteiger partial charge is 0.243 e. The molecular weight excluding hydrogens is 634 g/mol. The molecule has 1 aliphatic heterocycles. The van der Waals surface area contributed by atoms with E-state index in [4.69, 9.17) is 14.7 Å². The zero-order valence-corrected chi connectivity index (χ0v) is 28.6. The summed E-state index contributed by atoms with van der Waals surface area (Å²) in [6, 6.07) is 33.2. The van der Waals surface area contributed by atoms with Crippen LogP contribution in [-0.2, 0) is 32.2 Å². The molecule has 5 N–H and O–H groups in total. The Labute approximate surface area is 293 Å². The van der Waals surface area contributed by atoms with Gasteiger partial charge in [-0.25, -0.2) is 5.48 Å². The van der Waals surface area contributed by atoms with Crippen LogP contribution in [0.15, 0.2) is 103 Å². The molecule has 1 heterocycles. The summed E-state index contributed by atoms with van der Waals surface area (Å²) in [5, 5.41) is 32.2. The van der Waals surface area contributed by atoms with Crippen LogP contribution in [0.1, 0.15) is 78.9 Å². The number of benzene rings is 4. The molecule has 5 rings (SSSR count). The van der Waals surface area contributed by atoms with Gasteiger partial charge in [0.1, 0.15) is 0 Å². The number of nitrogens with one attached hydrogen (secondary N) is 2. The van der Waals surface area contributed by atoms with Crippen molar-refractivity contribution in [2.24, 2.45) is 0 Å². The first-order valence-corrected chi connectivity index (χ1v) is 17.1. The van der Waals surface area contributed by atoms with E-state index in [1.807, 2.05) is 117 Å². The topological polar surface area (TPSA) is 141 Å². The van der Waals surface area contributed by atoms with E-state index in [2.05, 4.69) is 10.2 Å². The average molecular weight is 682 g/mol. The number of amides is 2. The second kappa shape index (κ2) is 18.0. The van der Waals surface area contributed by atoms with E-state index >= 15 is 0 Å². The van der Waals surface area contributed by atoms with Crippen LogP contribution in [0.2, 0.25) is 0 Å². The molecule has 5 unspecified atom stereocenters. The third-order valence-corrected chi connectivity index (χ3v) is 9.32. The Balaban J connectivity index is 1.29. The highest BCUT2D eigenvalue weighted by Gasteiger charge is 2.34. The van der Waals surface area contributed by atoms with Crippen molar-refractivity contribution >= 4 is 11.8 Å². The van der Waals surface area contributed by atoms with Gasteiger partial charge in [0.05, 0.1) is 24.9 Å². The Hall–Kier alpha value is -4.42. The first-order valence-electron chi connectivity index (χ1n) is 17.1. The third kappa shape index (κ3) is 9.85. The third-order valence-electron chi connectivity index (χ3n) is 9.32. The molecule has 5 atom stereocenters. The van der Waals surface area contributed by atoms with Crippen LogP contribution in [0.5, 0.6) is 0 Å². The second-order valence-electron chi connectivity index (χ2n) is 12.8. The summed E-state index contributed by atoms with van der Waals surface area (Å²) >= 11 is 0. The van der Waals surface area contributed by atoms with Gasteiger partial charge in [0, 0.05) is 44.0 Å². The van der Waals surface area contributed by atoms with Gasteiger partial charge in [-0.15, -0.1) is 0 Å². The molecule has 1 aliphatic rings. The van der Waals surface area contributed by atoms with Gasteiger partial charge in [0.15, 0.2) is 6.29 Å². The van der Waals surface area contributed by atoms with E-state index in [1.54, 1.807) is 5.48 Å². The number of hydrogen-bond acceptors (Lipinski definition) is 8. The number of rotatable bonds is 15. The van der Waals surface area contributed by atoms with Crippen molar-refractivity contribution in [3.8, 4) is 11.1 Å². The molecule has 4 aromatic carbocycles. The molecule has 50 heavy (non-hydrogen) atoms. The van der Waals surface area contributed by atoms with Crippen molar-refractivity contribution in [1.82, 2.24) is 15.7 Å². The Bertz CT molecular complexity index is 1670. The number of aliphatic hydroxyl groups is 2. The fourth-order valence-corrected chi connectivity index (χ4v) is 6.21. The van der Waals surface area contributed by atoms with Gasteiger partial charge in [-0.3, -0.25) is 19.7 Å². The Kier molecular flexibility index (Phi) is 13.3.